The van der Waals surface area contributed by atoms with Gasteiger partial charge in [-0.25, -0.2) is 0 Å². The summed E-state index contributed by atoms with van der Waals surface area (Å²) in [7, 11) is 2.17. The number of hydrogen-bond acceptors (Lipinski definition) is 4. The monoisotopic (exact) mass is 304 g/mol. The van der Waals surface area contributed by atoms with Crippen molar-refractivity contribution in [1.29, 1.82) is 0 Å². The van der Waals surface area contributed by atoms with Crippen molar-refractivity contribution in [2.75, 3.05) is 39.8 Å². The maximum Gasteiger partial charge on any atom is 0.0401 e. The van der Waals surface area contributed by atoms with E-state index >= 15 is 0 Å². The minimum atomic E-state index is 0.816. The smallest absolute Gasteiger partial charge is 0.0401 e. The van der Waals surface area contributed by atoms with Crippen molar-refractivity contribution in [3.8, 4) is 0 Å². The van der Waals surface area contributed by atoms with E-state index in [1.54, 1.807) is 6.20 Å². The van der Waals surface area contributed by atoms with Crippen LogP contribution < -0.4 is 11.1 Å². The zero-order chi connectivity index (χ0) is 15.8. The van der Waals surface area contributed by atoms with Gasteiger partial charge in [0, 0.05) is 44.1 Å². The first-order valence-corrected chi connectivity index (χ1v) is 8.65. The molecule has 0 amide bonds. The molecular formula is C18H32N4. The fourth-order valence-electron chi connectivity index (χ4n) is 3.30. The van der Waals surface area contributed by atoms with Gasteiger partial charge in [-0.2, -0.15) is 0 Å². The highest BCUT2D eigenvalue weighted by molar-refractivity contribution is 5.27. The molecule has 1 aliphatic carbocycles. The standard InChI is InChI=1S/C18H32N4/c1-16(20-15-17-6-4-3-5-7-17)14-18(8-9-19)22-12-10-21(2)11-13-22/h8-9,14,17,20H,1,3-7,10-13,15,19H2,2H3/b9-8-,18-14+. The van der Waals surface area contributed by atoms with Crippen molar-refractivity contribution in [2.45, 2.75) is 32.1 Å². The van der Waals surface area contributed by atoms with Gasteiger partial charge in [0.2, 0.25) is 0 Å². The van der Waals surface area contributed by atoms with Crippen LogP contribution in [0.15, 0.2) is 36.3 Å². The summed E-state index contributed by atoms with van der Waals surface area (Å²) in [6.07, 6.45) is 12.6. The molecule has 22 heavy (non-hydrogen) atoms. The number of hydrogen-bond donors (Lipinski definition) is 2. The number of allylic oxidation sites excluding steroid dienone is 2. The molecule has 1 heterocycles. The van der Waals surface area contributed by atoms with Crippen LogP contribution in [0.2, 0.25) is 0 Å². The normalized spacial score (nSPS) is 22.2. The second-order valence-electron chi connectivity index (χ2n) is 6.63. The Balaban J connectivity index is 1.86. The third kappa shape index (κ3) is 5.41. The highest BCUT2D eigenvalue weighted by Gasteiger charge is 2.16. The predicted molar refractivity (Wildman–Crippen MR) is 94.2 cm³/mol. The molecule has 0 radical (unpaired) electrons. The molecule has 0 atom stereocenters. The van der Waals surface area contributed by atoms with Gasteiger partial charge >= 0.3 is 0 Å². The van der Waals surface area contributed by atoms with Gasteiger partial charge in [0.15, 0.2) is 0 Å². The molecule has 0 aromatic heterocycles. The first kappa shape index (κ1) is 16.9. The Kier molecular flexibility index (Phi) is 6.84. The Morgan fingerprint density at radius 1 is 1.18 bits per heavy atom. The fourth-order valence-corrected chi connectivity index (χ4v) is 3.30. The molecule has 1 aliphatic heterocycles. The number of likely N-dealkylation sites (N-methyl/N-ethyl adjacent to an activating group) is 1. The lowest BCUT2D eigenvalue weighted by atomic mass is 9.89. The fraction of sp³-hybridized carbons (Fsp3) is 0.667. The molecule has 2 rings (SSSR count). The van der Waals surface area contributed by atoms with Crippen LogP contribution in [-0.4, -0.2) is 49.6 Å². The lowest BCUT2D eigenvalue weighted by Gasteiger charge is -2.34. The zero-order valence-corrected chi connectivity index (χ0v) is 14.1. The second-order valence-corrected chi connectivity index (χ2v) is 6.63. The SMILES string of the molecule is C=C(/C=C(\C=C/N)N1CCN(C)CC1)NCC1CCCCC1. The molecule has 2 fully saturated rings. The zero-order valence-electron chi connectivity index (χ0n) is 14.1. The summed E-state index contributed by atoms with van der Waals surface area (Å²) < 4.78 is 0. The largest absolute Gasteiger partial charge is 0.405 e. The lowest BCUT2D eigenvalue weighted by Crippen LogP contribution is -2.43. The molecule has 2 aliphatic rings. The van der Waals surface area contributed by atoms with E-state index in [4.69, 9.17) is 5.73 Å². The third-order valence-electron chi connectivity index (χ3n) is 4.80. The first-order valence-electron chi connectivity index (χ1n) is 8.65. The van der Waals surface area contributed by atoms with E-state index in [0.29, 0.717) is 0 Å². The maximum atomic E-state index is 5.62. The molecule has 0 bridgehead atoms. The van der Waals surface area contributed by atoms with E-state index in [-0.39, 0.29) is 0 Å². The van der Waals surface area contributed by atoms with Crippen molar-refractivity contribution in [3.05, 3.63) is 36.3 Å². The summed E-state index contributed by atoms with van der Waals surface area (Å²) in [4.78, 5) is 4.74. The molecule has 1 saturated carbocycles. The van der Waals surface area contributed by atoms with Crippen LogP contribution in [-0.2, 0) is 0 Å². The van der Waals surface area contributed by atoms with Crippen LogP contribution in [0.1, 0.15) is 32.1 Å². The van der Waals surface area contributed by atoms with Gasteiger partial charge in [0.25, 0.3) is 0 Å². The molecule has 0 aromatic rings. The van der Waals surface area contributed by atoms with Crippen molar-refractivity contribution in [2.24, 2.45) is 11.7 Å². The molecule has 0 aromatic carbocycles. The Hall–Kier alpha value is -1.42. The number of piperazine rings is 1. The average molecular weight is 304 g/mol. The second kappa shape index (κ2) is 8.89. The topological polar surface area (TPSA) is 44.5 Å². The summed E-state index contributed by atoms with van der Waals surface area (Å²) in [5.74, 6) is 0.816. The summed E-state index contributed by atoms with van der Waals surface area (Å²) >= 11 is 0. The van der Waals surface area contributed by atoms with E-state index in [2.05, 4.69) is 34.8 Å². The van der Waals surface area contributed by atoms with Crippen molar-refractivity contribution in [3.63, 3.8) is 0 Å². The average Bonchev–Trinajstić information content (AvgIpc) is 2.54. The van der Waals surface area contributed by atoms with Crippen LogP contribution in [0, 0.1) is 5.92 Å². The van der Waals surface area contributed by atoms with Gasteiger partial charge in [-0.3, -0.25) is 0 Å². The highest BCUT2D eigenvalue weighted by atomic mass is 15.2. The first-order chi connectivity index (χ1) is 10.7. The summed E-state index contributed by atoms with van der Waals surface area (Å²) in [5, 5.41) is 3.51. The molecule has 4 nitrogen and oxygen atoms in total. The van der Waals surface area contributed by atoms with E-state index < -0.39 is 0 Å². The van der Waals surface area contributed by atoms with Crippen LogP contribution in [0.4, 0.5) is 0 Å². The third-order valence-corrected chi connectivity index (χ3v) is 4.80. The molecule has 4 heteroatoms. The summed E-state index contributed by atoms with van der Waals surface area (Å²) in [6, 6.07) is 0. The highest BCUT2D eigenvalue weighted by Crippen LogP contribution is 2.23. The van der Waals surface area contributed by atoms with Crippen LogP contribution in [0.25, 0.3) is 0 Å². The quantitative estimate of drug-likeness (QED) is 0.739. The predicted octanol–water partition coefficient (Wildman–Crippen LogP) is 2.27. The van der Waals surface area contributed by atoms with Crippen molar-refractivity contribution >= 4 is 0 Å². The minimum absolute atomic E-state index is 0.816. The maximum absolute atomic E-state index is 5.62. The summed E-state index contributed by atoms with van der Waals surface area (Å²) in [6.45, 7) is 9.50. The van der Waals surface area contributed by atoms with Crippen LogP contribution in [0.3, 0.4) is 0 Å². The molecule has 124 valence electrons. The Labute approximate surface area is 135 Å². The Morgan fingerprint density at radius 3 is 2.50 bits per heavy atom. The molecule has 0 spiro atoms. The van der Waals surface area contributed by atoms with Gasteiger partial charge < -0.3 is 20.9 Å². The van der Waals surface area contributed by atoms with Crippen LogP contribution >= 0.6 is 0 Å². The Morgan fingerprint density at radius 2 is 1.86 bits per heavy atom. The van der Waals surface area contributed by atoms with E-state index in [0.717, 1.165) is 50.0 Å². The van der Waals surface area contributed by atoms with E-state index in [1.165, 1.54) is 32.1 Å². The van der Waals surface area contributed by atoms with Crippen LogP contribution in [0.5, 0.6) is 0 Å². The molecular weight excluding hydrogens is 272 g/mol. The van der Waals surface area contributed by atoms with Gasteiger partial charge in [-0.1, -0.05) is 25.8 Å². The number of nitrogens with zero attached hydrogens (tertiary/aromatic N) is 2. The van der Waals surface area contributed by atoms with E-state index in [1.807, 2.05) is 6.08 Å². The number of rotatable bonds is 6. The van der Waals surface area contributed by atoms with Gasteiger partial charge in [0.05, 0.1) is 0 Å². The van der Waals surface area contributed by atoms with Crippen molar-refractivity contribution in [1.82, 2.24) is 15.1 Å². The van der Waals surface area contributed by atoms with Gasteiger partial charge in [-0.05, 0) is 44.2 Å². The van der Waals surface area contributed by atoms with E-state index in [9.17, 15) is 0 Å². The lowest BCUT2D eigenvalue weighted by molar-refractivity contribution is 0.190. The number of nitrogens with two attached hydrogens (primary N) is 1. The molecule has 0 unspecified atom stereocenters. The van der Waals surface area contributed by atoms with Gasteiger partial charge in [0.1, 0.15) is 0 Å². The Bertz CT molecular complexity index is 399. The number of nitrogens with one attached hydrogen (secondary N) is 1. The van der Waals surface area contributed by atoms with Gasteiger partial charge in [-0.15, -0.1) is 0 Å². The molecule has 1 saturated heterocycles. The minimum Gasteiger partial charge on any atom is -0.405 e. The summed E-state index contributed by atoms with van der Waals surface area (Å²) in [5.41, 5.74) is 7.78. The molecule has 3 N–H and O–H groups in total. The van der Waals surface area contributed by atoms with Crippen molar-refractivity contribution < 1.29 is 0 Å².